The molecule has 1 aromatic heterocycles. The summed E-state index contributed by atoms with van der Waals surface area (Å²) >= 11 is 0. The lowest BCUT2D eigenvalue weighted by Gasteiger charge is -2.36. The zero-order valence-electron chi connectivity index (χ0n) is 17.3. The summed E-state index contributed by atoms with van der Waals surface area (Å²) in [5, 5.41) is 0. The number of anilines is 1. The number of benzene rings is 1. The van der Waals surface area contributed by atoms with Crippen molar-refractivity contribution in [2.24, 2.45) is 0 Å². The van der Waals surface area contributed by atoms with Crippen LogP contribution in [0.2, 0.25) is 0 Å². The highest BCUT2D eigenvalue weighted by Crippen LogP contribution is 2.31. The van der Waals surface area contributed by atoms with Crippen molar-refractivity contribution in [1.82, 2.24) is 9.88 Å². The molecule has 0 unspecified atom stereocenters. The standard InChI is InChI=1S/C22H27N3O4/c1-22(2,3)29-21(27)25-12-10-24(11-13-25)19-18(16-8-6-5-7-9-16)14-17(15-23-19)20(26)28-4/h5-9,14-15H,10-13H2,1-4H3. The van der Waals surface area contributed by atoms with Gasteiger partial charge >= 0.3 is 12.1 Å². The molecular weight excluding hydrogens is 370 g/mol. The van der Waals surface area contributed by atoms with E-state index in [0.717, 1.165) is 16.9 Å². The lowest BCUT2D eigenvalue weighted by Crippen LogP contribution is -2.50. The summed E-state index contributed by atoms with van der Waals surface area (Å²) < 4.78 is 10.3. The first-order chi connectivity index (χ1) is 13.8. The van der Waals surface area contributed by atoms with Crippen LogP contribution < -0.4 is 4.90 Å². The number of carbonyl (C=O) groups is 2. The van der Waals surface area contributed by atoms with E-state index in [1.807, 2.05) is 57.2 Å². The van der Waals surface area contributed by atoms with Gasteiger partial charge in [0.2, 0.25) is 0 Å². The molecule has 1 aliphatic heterocycles. The van der Waals surface area contributed by atoms with Crippen molar-refractivity contribution in [3.05, 3.63) is 48.2 Å². The van der Waals surface area contributed by atoms with Crippen LogP contribution in [0.4, 0.5) is 10.6 Å². The highest BCUT2D eigenvalue weighted by Gasteiger charge is 2.27. The second-order valence-corrected chi connectivity index (χ2v) is 7.91. The second kappa shape index (κ2) is 8.51. The van der Waals surface area contributed by atoms with E-state index in [1.165, 1.54) is 13.3 Å². The zero-order valence-corrected chi connectivity index (χ0v) is 17.3. The minimum Gasteiger partial charge on any atom is -0.465 e. The molecular formula is C22H27N3O4. The Kier molecular flexibility index (Phi) is 6.06. The lowest BCUT2D eigenvalue weighted by atomic mass is 10.0. The van der Waals surface area contributed by atoms with Crippen LogP contribution in [0.15, 0.2) is 42.6 Å². The molecule has 2 heterocycles. The molecule has 0 atom stereocenters. The molecule has 1 aromatic carbocycles. The van der Waals surface area contributed by atoms with Gasteiger partial charge in [-0.25, -0.2) is 14.6 Å². The summed E-state index contributed by atoms with van der Waals surface area (Å²) in [7, 11) is 1.36. The number of methoxy groups -OCH3 is 1. The van der Waals surface area contributed by atoms with Crippen LogP contribution >= 0.6 is 0 Å². The van der Waals surface area contributed by atoms with Crippen molar-refractivity contribution in [2.75, 3.05) is 38.2 Å². The molecule has 154 valence electrons. The predicted molar refractivity (Wildman–Crippen MR) is 111 cm³/mol. The highest BCUT2D eigenvalue weighted by molar-refractivity contribution is 5.92. The number of aromatic nitrogens is 1. The first-order valence-electron chi connectivity index (χ1n) is 9.65. The molecule has 1 saturated heterocycles. The van der Waals surface area contributed by atoms with Crippen molar-refractivity contribution >= 4 is 17.9 Å². The molecule has 2 aromatic rings. The van der Waals surface area contributed by atoms with E-state index in [4.69, 9.17) is 9.47 Å². The fourth-order valence-electron chi connectivity index (χ4n) is 3.20. The van der Waals surface area contributed by atoms with Crippen molar-refractivity contribution in [2.45, 2.75) is 26.4 Å². The average molecular weight is 397 g/mol. The van der Waals surface area contributed by atoms with Gasteiger partial charge in [-0.3, -0.25) is 0 Å². The van der Waals surface area contributed by atoms with E-state index in [2.05, 4.69) is 9.88 Å². The predicted octanol–water partition coefficient (Wildman–Crippen LogP) is 3.59. The van der Waals surface area contributed by atoms with Crippen LogP contribution in [-0.2, 0) is 9.47 Å². The maximum atomic E-state index is 12.3. The molecule has 0 radical (unpaired) electrons. The SMILES string of the molecule is COC(=O)c1cnc(N2CCN(C(=O)OC(C)(C)C)CC2)c(-c2ccccc2)c1. The minimum atomic E-state index is -0.514. The third-order valence-electron chi connectivity index (χ3n) is 4.60. The van der Waals surface area contributed by atoms with E-state index in [1.54, 1.807) is 4.90 Å². The van der Waals surface area contributed by atoms with E-state index in [-0.39, 0.29) is 6.09 Å². The summed E-state index contributed by atoms with van der Waals surface area (Å²) in [5.41, 5.74) is 1.72. The maximum Gasteiger partial charge on any atom is 0.410 e. The lowest BCUT2D eigenvalue weighted by molar-refractivity contribution is 0.0240. The zero-order chi connectivity index (χ0) is 21.0. The Morgan fingerprint density at radius 2 is 1.69 bits per heavy atom. The molecule has 0 bridgehead atoms. The monoisotopic (exact) mass is 397 g/mol. The number of rotatable bonds is 3. The topological polar surface area (TPSA) is 72.0 Å². The molecule has 0 aliphatic carbocycles. The highest BCUT2D eigenvalue weighted by atomic mass is 16.6. The van der Waals surface area contributed by atoms with Crippen LogP contribution in [0, 0.1) is 0 Å². The molecule has 0 saturated carbocycles. The Balaban J connectivity index is 1.82. The van der Waals surface area contributed by atoms with Crippen molar-refractivity contribution in [3.63, 3.8) is 0 Å². The number of carbonyl (C=O) groups excluding carboxylic acids is 2. The summed E-state index contributed by atoms with van der Waals surface area (Å²) in [6.07, 6.45) is 1.24. The molecule has 29 heavy (non-hydrogen) atoms. The Morgan fingerprint density at radius 1 is 1.03 bits per heavy atom. The van der Waals surface area contributed by atoms with Crippen molar-refractivity contribution in [1.29, 1.82) is 0 Å². The Morgan fingerprint density at radius 3 is 2.28 bits per heavy atom. The van der Waals surface area contributed by atoms with E-state index < -0.39 is 11.6 Å². The normalized spacial score (nSPS) is 14.5. The number of pyridine rings is 1. The Hall–Kier alpha value is -3.09. The fraction of sp³-hybridized carbons (Fsp3) is 0.409. The molecule has 1 amide bonds. The summed E-state index contributed by atoms with van der Waals surface area (Å²) in [6, 6.07) is 11.6. The number of nitrogens with zero attached hydrogens (tertiary/aromatic N) is 3. The number of hydrogen-bond acceptors (Lipinski definition) is 6. The maximum absolute atomic E-state index is 12.3. The molecule has 1 fully saturated rings. The molecule has 0 N–H and O–H groups in total. The fourth-order valence-corrected chi connectivity index (χ4v) is 3.20. The first-order valence-corrected chi connectivity index (χ1v) is 9.65. The first kappa shape index (κ1) is 20.6. The molecule has 7 nitrogen and oxygen atoms in total. The van der Waals surface area contributed by atoms with E-state index in [0.29, 0.717) is 31.7 Å². The third-order valence-corrected chi connectivity index (χ3v) is 4.60. The number of hydrogen-bond donors (Lipinski definition) is 0. The van der Waals surface area contributed by atoms with Crippen LogP contribution in [0.1, 0.15) is 31.1 Å². The van der Waals surface area contributed by atoms with Gasteiger partial charge in [0.05, 0.1) is 12.7 Å². The number of ether oxygens (including phenoxy) is 2. The number of amides is 1. The van der Waals surface area contributed by atoms with Crippen LogP contribution in [-0.4, -0.2) is 60.8 Å². The molecule has 7 heteroatoms. The van der Waals surface area contributed by atoms with E-state index >= 15 is 0 Å². The molecule has 0 spiro atoms. The van der Waals surface area contributed by atoms with Gasteiger partial charge in [-0.1, -0.05) is 30.3 Å². The number of esters is 1. The molecule has 1 aliphatic rings. The average Bonchev–Trinajstić information content (AvgIpc) is 2.72. The van der Waals surface area contributed by atoms with Crippen molar-refractivity contribution in [3.8, 4) is 11.1 Å². The Labute approximate surface area is 171 Å². The van der Waals surface area contributed by atoms with Crippen LogP contribution in [0.25, 0.3) is 11.1 Å². The minimum absolute atomic E-state index is 0.297. The van der Waals surface area contributed by atoms with Gasteiger partial charge in [0.25, 0.3) is 0 Å². The van der Waals surface area contributed by atoms with Crippen LogP contribution in [0.3, 0.4) is 0 Å². The largest absolute Gasteiger partial charge is 0.465 e. The smallest absolute Gasteiger partial charge is 0.410 e. The molecule has 3 rings (SSSR count). The number of piperazine rings is 1. The van der Waals surface area contributed by atoms with Gasteiger partial charge in [-0.2, -0.15) is 0 Å². The van der Waals surface area contributed by atoms with Gasteiger partial charge in [0, 0.05) is 37.9 Å². The Bertz CT molecular complexity index is 869. The van der Waals surface area contributed by atoms with Gasteiger partial charge in [0.1, 0.15) is 11.4 Å². The summed E-state index contributed by atoms with van der Waals surface area (Å²) in [6.45, 7) is 7.93. The van der Waals surface area contributed by atoms with Gasteiger partial charge in [0.15, 0.2) is 0 Å². The van der Waals surface area contributed by atoms with Gasteiger partial charge in [-0.15, -0.1) is 0 Å². The summed E-state index contributed by atoms with van der Waals surface area (Å²) in [4.78, 5) is 32.7. The second-order valence-electron chi connectivity index (χ2n) is 7.91. The van der Waals surface area contributed by atoms with Gasteiger partial charge in [-0.05, 0) is 32.4 Å². The third kappa shape index (κ3) is 5.04. The van der Waals surface area contributed by atoms with Gasteiger partial charge < -0.3 is 19.3 Å². The summed E-state index contributed by atoms with van der Waals surface area (Å²) in [5.74, 6) is 0.365. The van der Waals surface area contributed by atoms with Crippen molar-refractivity contribution < 1.29 is 19.1 Å². The van der Waals surface area contributed by atoms with Crippen LogP contribution in [0.5, 0.6) is 0 Å². The van der Waals surface area contributed by atoms with E-state index in [9.17, 15) is 9.59 Å². The quantitative estimate of drug-likeness (QED) is 0.737.